The Labute approximate surface area is 135 Å². The molecule has 1 aromatic carbocycles. The lowest BCUT2D eigenvalue weighted by atomic mass is 10.1. The van der Waals surface area contributed by atoms with Gasteiger partial charge in [0.1, 0.15) is 12.4 Å². The summed E-state index contributed by atoms with van der Waals surface area (Å²) in [6, 6.07) is 5.37. The van der Waals surface area contributed by atoms with Crippen molar-refractivity contribution in [3.8, 4) is 5.75 Å². The Morgan fingerprint density at radius 1 is 1.43 bits per heavy atom. The summed E-state index contributed by atoms with van der Waals surface area (Å²) in [6.45, 7) is 5.17. The molecule has 1 atom stereocenters. The highest BCUT2D eigenvalue weighted by Crippen LogP contribution is 2.30. The zero-order valence-corrected chi connectivity index (χ0v) is 13.7. The molecular weight excluding hydrogens is 318 g/mol. The molecule has 0 bridgehead atoms. The minimum atomic E-state index is -3.78. The van der Waals surface area contributed by atoms with E-state index in [0.717, 1.165) is 5.70 Å². The van der Waals surface area contributed by atoms with Crippen molar-refractivity contribution in [2.24, 2.45) is 10.1 Å². The van der Waals surface area contributed by atoms with Crippen molar-refractivity contribution >= 4 is 21.7 Å². The van der Waals surface area contributed by atoms with E-state index < -0.39 is 10.2 Å². The van der Waals surface area contributed by atoms with Crippen LogP contribution in [-0.2, 0) is 10.2 Å². The highest BCUT2D eigenvalue weighted by molar-refractivity contribution is 7.91. The Balaban J connectivity index is 1.72. The molecule has 9 heteroatoms. The number of anilines is 1. The molecule has 0 amide bonds. The van der Waals surface area contributed by atoms with Crippen LogP contribution in [-0.4, -0.2) is 38.5 Å². The molecule has 0 saturated carbocycles. The molecule has 0 saturated heterocycles. The Morgan fingerprint density at radius 2 is 2.22 bits per heavy atom. The molecule has 8 nitrogen and oxygen atoms in total. The van der Waals surface area contributed by atoms with E-state index in [1.807, 2.05) is 11.9 Å². The number of amidine groups is 1. The van der Waals surface area contributed by atoms with Crippen LogP contribution in [0, 0.1) is 0 Å². The summed E-state index contributed by atoms with van der Waals surface area (Å²) in [7, 11) is -3.78. The minimum absolute atomic E-state index is 0.0710. The average molecular weight is 337 g/mol. The minimum Gasteiger partial charge on any atom is -0.491 e. The van der Waals surface area contributed by atoms with Gasteiger partial charge in [-0.2, -0.15) is 8.42 Å². The van der Waals surface area contributed by atoms with E-state index in [9.17, 15) is 8.42 Å². The molecule has 0 aliphatic carbocycles. The van der Waals surface area contributed by atoms with Gasteiger partial charge in [-0.1, -0.05) is 6.07 Å². The molecule has 0 spiro atoms. The van der Waals surface area contributed by atoms with Crippen LogP contribution in [0.1, 0.15) is 19.4 Å². The summed E-state index contributed by atoms with van der Waals surface area (Å²) in [5, 5.41) is 2.01. The van der Waals surface area contributed by atoms with E-state index in [2.05, 4.69) is 27.5 Å². The van der Waals surface area contributed by atoms with E-state index in [-0.39, 0.29) is 5.84 Å². The zero-order valence-electron chi connectivity index (χ0n) is 12.9. The van der Waals surface area contributed by atoms with Crippen molar-refractivity contribution in [3.63, 3.8) is 0 Å². The third kappa shape index (κ3) is 3.25. The smallest absolute Gasteiger partial charge is 0.344 e. The number of nitrogens with two attached hydrogens (primary N) is 1. The number of hydrazine groups is 1. The average Bonchev–Trinajstić information content (AvgIpc) is 2.75. The van der Waals surface area contributed by atoms with E-state index in [4.69, 9.17) is 10.5 Å². The molecule has 0 fully saturated rings. The van der Waals surface area contributed by atoms with Crippen LogP contribution in [0.3, 0.4) is 0 Å². The summed E-state index contributed by atoms with van der Waals surface area (Å²) in [5.74, 6) is 0.429. The van der Waals surface area contributed by atoms with Gasteiger partial charge in [-0.05, 0) is 32.1 Å². The second-order valence-electron chi connectivity index (χ2n) is 5.46. The second-order valence-corrected chi connectivity index (χ2v) is 6.80. The van der Waals surface area contributed by atoms with Gasteiger partial charge in [0.05, 0.1) is 17.8 Å². The van der Waals surface area contributed by atoms with Crippen LogP contribution in [0.25, 0.3) is 0 Å². The van der Waals surface area contributed by atoms with Crippen LogP contribution < -0.4 is 20.6 Å². The lowest BCUT2D eigenvalue weighted by Crippen LogP contribution is -2.38. The predicted octanol–water partition coefficient (Wildman–Crippen LogP) is 0.554. The van der Waals surface area contributed by atoms with Gasteiger partial charge in [-0.25, -0.2) is 5.43 Å². The van der Waals surface area contributed by atoms with Crippen LogP contribution >= 0.6 is 0 Å². The van der Waals surface area contributed by atoms with Crippen molar-refractivity contribution in [3.05, 3.63) is 35.5 Å². The van der Waals surface area contributed by atoms with E-state index in [1.165, 1.54) is 0 Å². The number of hydrogen-bond donors (Lipinski definition) is 3. The molecule has 0 radical (unpaired) electrons. The molecule has 2 aliphatic rings. The fourth-order valence-electron chi connectivity index (χ4n) is 2.66. The SMILES string of the molecule is CC1=CC(C)NN1CCOc1cccc2c1C(N)=NS(=O)(=O)N2. The van der Waals surface area contributed by atoms with Crippen LogP contribution in [0.15, 0.2) is 34.4 Å². The molecular formula is C14H19N5O3S. The number of fused-ring (bicyclic) bond motifs is 1. The van der Waals surface area contributed by atoms with Gasteiger partial charge < -0.3 is 15.5 Å². The number of nitrogens with zero attached hydrogens (tertiary/aromatic N) is 2. The van der Waals surface area contributed by atoms with Crippen LogP contribution in [0.2, 0.25) is 0 Å². The van der Waals surface area contributed by atoms with Crippen molar-refractivity contribution in [1.29, 1.82) is 0 Å². The van der Waals surface area contributed by atoms with Gasteiger partial charge in [0.2, 0.25) is 0 Å². The number of ether oxygens (including phenoxy) is 1. The molecule has 4 N–H and O–H groups in total. The lowest BCUT2D eigenvalue weighted by molar-refractivity contribution is 0.201. The highest BCUT2D eigenvalue weighted by Gasteiger charge is 2.24. The van der Waals surface area contributed by atoms with Gasteiger partial charge >= 0.3 is 10.2 Å². The third-order valence-corrected chi connectivity index (χ3v) is 4.50. The monoisotopic (exact) mass is 337 g/mol. The topological polar surface area (TPSA) is 109 Å². The molecule has 1 unspecified atom stereocenters. The molecule has 124 valence electrons. The first kappa shape index (κ1) is 15.6. The van der Waals surface area contributed by atoms with Gasteiger partial charge in [-0.15, -0.1) is 4.40 Å². The normalized spacial score (nSPS) is 22.0. The van der Waals surface area contributed by atoms with Crippen LogP contribution in [0.5, 0.6) is 5.75 Å². The molecule has 2 heterocycles. The summed E-state index contributed by atoms with van der Waals surface area (Å²) in [4.78, 5) is 0. The highest BCUT2D eigenvalue weighted by atomic mass is 32.2. The Kier molecular flexibility index (Phi) is 3.90. The largest absolute Gasteiger partial charge is 0.491 e. The summed E-state index contributed by atoms with van der Waals surface area (Å²) < 4.78 is 34.7. The first-order valence-electron chi connectivity index (χ1n) is 7.22. The summed E-state index contributed by atoms with van der Waals surface area (Å²) >= 11 is 0. The third-order valence-electron chi connectivity index (χ3n) is 3.59. The van der Waals surface area contributed by atoms with Gasteiger partial charge in [0, 0.05) is 11.7 Å². The number of rotatable bonds is 4. The molecule has 23 heavy (non-hydrogen) atoms. The van der Waals surface area contributed by atoms with Gasteiger partial charge in [0.25, 0.3) is 0 Å². The maximum Gasteiger partial charge on any atom is 0.344 e. The van der Waals surface area contributed by atoms with E-state index in [0.29, 0.717) is 36.2 Å². The second kappa shape index (κ2) is 5.74. The zero-order chi connectivity index (χ0) is 16.6. The lowest BCUT2D eigenvalue weighted by Gasteiger charge is -2.23. The number of allylic oxidation sites excluding steroid dienone is 1. The van der Waals surface area contributed by atoms with Crippen LogP contribution in [0.4, 0.5) is 5.69 Å². The Bertz CT molecular complexity index is 788. The van der Waals surface area contributed by atoms with Gasteiger partial charge in [0.15, 0.2) is 5.84 Å². The summed E-state index contributed by atoms with van der Waals surface area (Å²) in [5.41, 5.74) is 11.1. The van der Waals surface area contributed by atoms with E-state index in [1.54, 1.807) is 18.2 Å². The van der Waals surface area contributed by atoms with E-state index >= 15 is 0 Å². The maximum atomic E-state index is 11.5. The quantitative estimate of drug-likeness (QED) is 0.740. The summed E-state index contributed by atoms with van der Waals surface area (Å²) in [6.07, 6.45) is 2.13. The molecule has 2 aliphatic heterocycles. The van der Waals surface area contributed by atoms with Crippen molar-refractivity contribution in [1.82, 2.24) is 10.4 Å². The number of hydrogen-bond acceptors (Lipinski definition) is 6. The van der Waals surface area contributed by atoms with Crippen molar-refractivity contribution in [2.75, 3.05) is 17.9 Å². The van der Waals surface area contributed by atoms with Gasteiger partial charge in [-0.3, -0.25) is 4.72 Å². The number of nitrogens with one attached hydrogen (secondary N) is 2. The molecule has 3 rings (SSSR count). The fourth-order valence-corrected chi connectivity index (χ4v) is 3.51. The fraction of sp³-hybridized carbons (Fsp3) is 0.357. The maximum absolute atomic E-state index is 11.5. The first-order chi connectivity index (χ1) is 10.9. The molecule has 0 aromatic heterocycles. The first-order valence-corrected chi connectivity index (χ1v) is 8.66. The van der Waals surface area contributed by atoms with Crippen molar-refractivity contribution in [2.45, 2.75) is 19.9 Å². The Morgan fingerprint density at radius 3 is 2.91 bits per heavy atom. The Hall–Kier alpha value is -2.26. The standard InChI is InChI=1S/C14H19N5O3S/c1-9-8-10(2)19(16-9)6-7-22-12-5-3-4-11-13(12)14(15)18-23(20,21)17-11/h3-5,8-9,16-17H,6-7H2,1-2H3,(H2,15,18). The predicted molar refractivity (Wildman–Crippen MR) is 88.3 cm³/mol. The van der Waals surface area contributed by atoms with Crippen molar-refractivity contribution < 1.29 is 13.2 Å². The molecule has 1 aromatic rings. The number of benzene rings is 1.